The van der Waals surface area contributed by atoms with E-state index in [9.17, 15) is 19.8 Å². The van der Waals surface area contributed by atoms with E-state index in [0.29, 0.717) is 29.5 Å². The van der Waals surface area contributed by atoms with Crippen molar-refractivity contribution in [3.63, 3.8) is 0 Å². The Morgan fingerprint density at radius 2 is 1.67 bits per heavy atom. The Kier molecular flexibility index (Phi) is 3.10. The van der Waals surface area contributed by atoms with E-state index in [1.54, 1.807) is 30.3 Å². The summed E-state index contributed by atoms with van der Waals surface area (Å²) in [5.74, 6) is -1.01. The largest absolute Gasteiger partial charge is 0.504 e. The Bertz CT molecular complexity index is 752. The topological polar surface area (TPSA) is 86.6 Å². The number of phenols is 2. The lowest BCUT2D eigenvalue weighted by molar-refractivity contribution is 0.0879. The van der Waals surface area contributed by atoms with Crippen LogP contribution < -0.4 is 5.32 Å². The fourth-order valence-electron chi connectivity index (χ4n) is 2.43. The van der Waals surface area contributed by atoms with Crippen LogP contribution in [0, 0.1) is 0 Å². The number of benzene rings is 2. The highest BCUT2D eigenvalue weighted by atomic mass is 16.3. The zero-order valence-corrected chi connectivity index (χ0v) is 11.1. The van der Waals surface area contributed by atoms with E-state index in [4.69, 9.17) is 0 Å². The summed E-state index contributed by atoms with van der Waals surface area (Å²) in [5, 5.41) is 21.4. The second kappa shape index (κ2) is 4.94. The van der Waals surface area contributed by atoms with Gasteiger partial charge < -0.3 is 10.2 Å². The molecular formula is C16H13NO4. The number of aromatic hydroxyl groups is 2. The molecule has 0 spiro atoms. The number of aryl methyl sites for hydroxylation is 2. The number of carbonyl (C=O) groups is 2. The van der Waals surface area contributed by atoms with Gasteiger partial charge in [-0.15, -0.1) is 0 Å². The number of para-hydroxylation sites is 1. The Hall–Kier alpha value is -2.82. The molecule has 3 rings (SSSR count). The summed E-state index contributed by atoms with van der Waals surface area (Å²) in [6.45, 7) is 0. The molecule has 5 nitrogen and oxygen atoms in total. The van der Waals surface area contributed by atoms with Crippen molar-refractivity contribution in [2.75, 3.05) is 0 Å². The van der Waals surface area contributed by atoms with Crippen molar-refractivity contribution in [1.29, 1.82) is 0 Å². The summed E-state index contributed by atoms with van der Waals surface area (Å²) in [4.78, 5) is 23.1. The van der Waals surface area contributed by atoms with Gasteiger partial charge in [-0.25, -0.2) is 0 Å². The van der Waals surface area contributed by atoms with Crippen LogP contribution in [0.2, 0.25) is 0 Å². The zero-order valence-electron chi connectivity index (χ0n) is 11.1. The standard InChI is InChI=1S/C16H13NO4/c18-13-3-1-2-10(14(13)19)6-4-9-5-7-11-12(8-9)16(21)17-15(11)20/h1-3,5,7-8,18-19H,4,6H2,(H,17,20,21). The van der Waals surface area contributed by atoms with E-state index in [-0.39, 0.29) is 23.3 Å². The van der Waals surface area contributed by atoms with Gasteiger partial charge in [0, 0.05) is 0 Å². The van der Waals surface area contributed by atoms with Crippen molar-refractivity contribution in [2.45, 2.75) is 12.8 Å². The first-order valence-electron chi connectivity index (χ1n) is 6.54. The summed E-state index contributed by atoms with van der Waals surface area (Å²) in [6.07, 6.45) is 1.11. The van der Waals surface area contributed by atoms with Crippen molar-refractivity contribution >= 4 is 11.8 Å². The Morgan fingerprint density at radius 1 is 0.905 bits per heavy atom. The third-order valence-electron chi connectivity index (χ3n) is 3.58. The molecular weight excluding hydrogens is 270 g/mol. The van der Waals surface area contributed by atoms with Crippen LogP contribution in [-0.4, -0.2) is 22.0 Å². The molecule has 106 valence electrons. The summed E-state index contributed by atoms with van der Waals surface area (Å²) >= 11 is 0. The molecule has 0 atom stereocenters. The van der Waals surface area contributed by atoms with Crippen molar-refractivity contribution < 1.29 is 19.8 Å². The van der Waals surface area contributed by atoms with E-state index in [1.807, 2.05) is 0 Å². The molecule has 0 unspecified atom stereocenters. The molecule has 2 aromatic carbocycles. The van der Waals surface area contributed by atoms with Crippen LogP contribution in [0.3, 0.4) is 0 Å². The van der Waals surface area contributed by atoms with Crippen LogP contribution in [0.15, 0.2) is 36.4 Å². The first kappa shape index (κ1) is 13.2. The lowest BCUT2D eigenvalue weighted by Crippen LogP contribution is -2.19. The van der Waals surface area contributed by atoms with Crippen molar-refractivity contribution in [3.05, 3.63) is 58.7 Å². The summed E-state index contributed by atoms with van der Waals surface area (Å²) in [6, 6.07) is 9.93. The second-order valence-corrected chi connectivity index (χ2v) is 4.95. The summed E-state index contributed by atoms with van der Waals surface area (Å²) in [7, 11) is 0. The van der Waals surface area contributed by atoms with E-state index in [1.165, 1.54) is 6.07 Å². The van der Waals surface area contributed by atoms with Crippen LogP contribution in [0.25, 0.3) is 0 Å². The van der Waals surface area contributed by atoms with E-state index < -0.39 is 0 Å². The molecule has 0 bridgehead atoms. The third-order valence-corrected chi connectivity index (χ3v) is 3.58. The maximum Gasteiger partial charge on any atom is 0.258 e. The molecule has 0 saturated heterocycles. The summed E-state index contributed by atoms with van der Waals surface area (Å²) < 4.78 is 0. The van der Waals surface area contributed by atoms with Gasteiger partial charge in [0.1, 0.15) is 0 Å². The number of rotatable bonds is 3. The maximum atomic E-state index is 11.6. The molecule has 1 aliphatic heterocycles. The highest BCUT2D eigenvalue weighted by Crippen LogP contribution is 2.29. The predicted octanol–water partition coefficient (Wildman–Crippen LogP) is 1.77. The minimum Gasteiger partial charge on any atom is -0.504 e. The molecule has 0 aliphatic carbocycles. The van der Waals surface area contributed by atoms with E-state index in [0.717, 1.165) is 5.56 Å². The molecule has 2 aromatic rings. The minimum absolute atomic E-state index is 0.119. The maximum absolute atomic E-state index is 11.6. The van der Waals surface area contributed by atoms with Gasteiger partial charge in [-0.1, -0.05) is 18.2 Å². The molecule has 0 radical (unpaired) electrons. The fourth-order valence-corrected chi connectivity index (χ4v) is 2.43. The minimum atomic E-state index is -0.378. The quantitative estimate of drug-likeness (QED) is 0.592. The number of nitrogens with one attached hydrogen (secondary N) is 1. The first-order chi connectivity index (χ1) is 10.1. The molecule has 2 amide bonds. The molecule has 21 heavy (non-hydrogen) atoms. The van der Waals surface area contributed by atoms with Gasteiger partial charge in [0.25, 0.3) is 11.8 Å². The molecule has 1 aliphatic rings. The number of phenolic OH excluding ortho intramolecular Hbond substituents is 2. The molecule has 0 aromatic heterocycles. The lowest BCUT2D eigenvalue weighted by atomic mass is 9.99. The van der Waals surface area contributed by atoms with Crippen LogP contribution >= 0.6 is 0 Å². The zero-order chi connectivity index (χ0) is 15.0. The van der Waals surface area contributed by atoms with Crippen LogP contribution in [0.1, 0.15) is 31.8 Å². The fraction of sp³-hybridized carbons (Fsp3) is 0.125. The van der Waals surface area contributed by atoms with Crippen molar-refractivity contribution in [3.8, 4) is 11.5 Å². The second-order valence-electron chi connectivity index (χ2n) is 4.95. The van der Waals surface area contributed by atoms with Gasteiger partial charge in [0.05, 0.1) is 11.1 Å². The molecule has 5 heteroatoms. The highest BCUT2D eigenvalue weighted by molar-refractivity contribution is 6.21. The number of amides is 2. The molecule has 3 N–H and O–H groups in total. The number of hydrogen-bond donors (Lipinski definition) is 3. The number of hydrogen-bond acceptors (Lipinski definition) is 4. The average Bonchev–Trinajstić information content (AvgIpc) is 2.75. The van der Waals surface area contributed by atoms with Crippen LogP contribution in [0.5, 0.6) is 11.5 Å². The van der Waals surface area contributed by atoms with Gasteiger partial charge in [0.2, 0.25) is 0 Å². The van der Waals surface area contributed by atoms with Gasteiger partial charge in [-0.3, -0.25) is 14.9 Å². The van der Waals surface area contributed by atoms with Gasteiger partial charge in [-0.05, 0) is 42.2 Å². The van der Waals surface area contributed by atoms with Crippen molar-refractivity contribution in [1.82, 2.24) is 5.32 Å². The molecule has 0 saturated carbocycles. The van der Waals surface area contributed by atoms with E-state index >= 15 is 0 Å². The van der Waals surface area contributed by atoms with Gasteiger partial charge >= 0.3 is 0 Å². The SMILES string of the molecule is O=C1NC(=O)c2cc(CCc3cccc(O)c3O)ccc21. The summed E-state index contributed by atoms with van der Waals surface area (Å²) in [5.41, 5.74) is 2.30. The van der Waals surface area contributed by atoms with Gasteiger partial charge in [0.15, 0.2) is 11.5 Å². The highest BCUT2D eigenvalue weighted by Gasteiger charge is 2.26. The van der Waals surface area contributed by atoms with Crippen LogP contribution in [-0.2, 0) is 12.8 Å². The van der Waals surface area contributed by atoms with Crippen molar-refractivity contribution in [2.24, 2.45) is 0 Å². The Morgan fingerprint density at radius 3 is 2.48 bits per heavy atom. The Balaban J connectivity index is 1.81. The first-order valence-corrected chi connectivity index (χ1v) is 6.54. The predicted molar refractivity (Wildman–Crippen MR) is 75.4 cm³/mol. The normalized spacial score (nSPS) is 13.1. The number of carbonyl (C=O) groups excluding carboxylic acids is 2. The Labute approximate surface area is 120 Å². The number of imide groups is 1. The van der Waals surface area contributed by atoms with Gasteiger partial charge in [-0.2, -0.15) is 0 Å². The molecule has 0 fully saturated rings. The monoisotopic (exact) mass is 283 g/mol. The smallest absolute Gasteiger partial charge is 0.258 e. The van der Waals surface area contributed by atoms with E-state index in [2.05, 4.69) is 5.32 Å². The molecule has 1 heterocycles. The lowest BCUT2D eigenvalue weighted by Gasteiger charge is -2.07. The average molecular weight is 283 g/mol. The van der Waals surface area contributed by atoms with Crippen LogP contribution in [0.4, 0.5) is 0 Å². The number of fused-ring (bicyclic) bond motifs is 1. The third kappa shape index (κ3) is 2.33.